The van der Waals surface area contributed by atoms with E-state index in [1.165, 1.54) is 23.5 Å². The topological polar surface area (TPSA) is 191 Å². The zero-order chi connectivity index (χ0) is 29.7. The lowest BCUT2D eigenvalue weighted by Crippen LogP contribution is -2.39. The van der Waals surface area contributed by atoms with E-state index in [2.05, 4.69) is 21.3 Å². The van der Waals surface area contributed by atoms with E-state index in [1.807, 2.05) is 0 Å². The van der Waals surface area contributed by atoms with Gasteiger partial charge in [0, 0.05) is 77.8 Å². The summed E-state index contributed by atoms with van der Waals surface area (Å²) in [5, 5.41) is 9.59. The number of rotatable bonds is 17. The number of hydrogen-bond donors (Lipinski definition) is 4. The molecule has 2 rings (SSSR count). The van der Waals surface area contributed by atoms with Crippen LogP contribution in [-0.4, -0.2) is 119 Å². The molecule has 0 aliphatic carbocycles. The number of carbonyl (C=O) groups is 8. The van der Waals surface area contributed by atoms with Gasteiger partial charge in [0.05, 0.1) is 10.5 Å². The Morgan fingerprint density at radius 3 is 1.18 bits per heavy atom. The summed E-state index contributed by atoms with van der Waals surface area (Å²) in [7, 11) is 0. The number of thioether (sulfide) groups is 2. The van der Waals surface area contributed by atoms with Gasteiger partial charge in [-0.1, -0.05) is 0 Å². The maximum atomic E-state index is 12.0. The van der Waals surface area contributed by atoms with Gasteiger partial charge in [0.15, 0.2) is 0 Å². The van der Waals surface area contributed by atoms with Crippen LogP contribution in [0, 0.1) is 0 Å². The van der Waals surface area contributed by atoms with Crippen molar-refractivity contribution in [3.63, 3.8) is 0 Å². The van der Waals surface area contributed by atoms with Gasteiger partial charge in [-0.05, 0) is 12.5 Å². The molecule has 0 aromatic rings. The van der Waals surface area contributed by atoms with E-state index in [0.717, 1.165) is 9.80 Å². The Labute approximate surface area is 240 Å². The summed E-state index contributed by atoms with van der Waals surface area (Å²) in [4.78, 5) is 97.7. The van der Waals surface area contributed by atoms with Crippen LogP contribution >= 0.6 is 23.5 Å². The van der Waals surface area contributed by atoms with Crippen LogP contribution in [0.15, 0.2) is 0 Å². The van der Waals surface area contributed by atoms with Crippen molar-refractivity contribution in [2.24, 2.45) is 0 Å². The molecule has 14 nitrogen and oxygen atoms in total. The Hall–Kier alpha value is -3.14. The van der Waals surface area contributed by atoms with Crippen LogP contribution in [0.2, 0.25) is 0 Å². The fourth-order valence-electron chi connectivity index (χ4n) is 3.96. The van der Waals surface area contributed by atoms with Crippen molar-refractivity contribution >= 4 is 70.8 Å². The zero-order valence-electron chi connectivity index (χ0n) is 22.6. The van der Waals surface area contributed by atoms with E-state index < -0.39 is 0 Å². The molecule has 0 bridgehead atoms. The Morgan fingerprint density at radius 1 is 0.600 bits per heavy atom. The summed E-state index contributed by atoms with van der Waals surface area (Å²) < 4.78 is 0. The predicted molar refractivity (Wildman–Crippen MR) is 148 cm³/mol. The van der Waals surface area contributed by atoms with Crippen molar-refractivity contribution in [1.82, 2.24) is 31.1 Å². The van der Waals surface area contributed by atoms with Gasteiger partial charge in [0.1, 0.15) is 0 Å². The van der Waals surface area contributed by atoms with Crippen LogP contribution in [0.3, 0.4) is 0 Å². The lowest BCUT2D eigenvalue weighted by Gasteiger charge is -2.14. The van der Waals surface area contributed by atoms with Gasteiger partial charge in [-0.15, -0.1) is 0 Å². The smallest absolute Gasteiger partial charge is 0.242 e. The molecule has 2 unspecified atom stereocenters. The molecular formula is C24H36N6O8S2. The minimum Gasteiger partial charge on any atom is -0.354 e. The highest BCUT2D eigenvalue weighted by Crippen LogP contribution is 2.23. The number of likely N-dealkylation sites (tertiary alicyclic amines) is 2. The number of hydrogen-bond acceptors (Lipinski definition) is 10. The molecule has 2 atom stereocenters. The molecule has 2 heterocycles. The zero-order valence-corrected chi connectivity index (χ0v) is 24.2. The average Bonchev–Trinajstić information content (AvgIpc) is 3.37. The van der Waals surface area contributed by atoms with Gasteiger partial charge in [-0.2, -0.15) is 23.5 Å². The first-order valence-electron chi connectivity index (χ1n) is 12.9. The molecule has 2 saturated heterocycles. The van der Waals surface area contributed by atoms with Crippen molar-refractivity contribution in [2.45, 2.75) is 49.0 Å². The van der Waals surface area contributed by atoms with Gasteiger partial charge < -0.3 is 21.3 Å². The highest BCUT2D eigenvalue weighted by molar-refractivity contribution is 8.00. The van der Waals surface area contributed by atoms with Crippen molar-refractivity contribution in [1.29, 1.82) is 0 Å². The third-order valence-electron chi connectivity index (χ3n) is 6.22. The second kappa shape index (κ2) is 16.8. The second-order valence-corrected chi connectivity index (χ2v) is 11.1. The summed E-state index contributed by atoms with van der Waals surface area (Å²) in [6.07, 6.45) is 3.64. The fraction of sp³-hybridized carbons (Fsp3) is 0.667. The molecule has 0 radical (unpaired) electrons. The van der Waals surface area contributed by atoms with Crippen LogP contribution in [0.4, 0.5) is 0 Å². The van der Waals surface area contributed by atoms with Gasteiger partial charge in [0.2, 0.25) is 47.3 Å². The lowest BCUT2D eigenvalue weighted by atomic mass is 10.3. The fourth-order valence-corrected chi connectivity index (χ4v) is 5.23. The molecule has 2 fully saturated rings. The molecule has 40 heavy (non-hydrogen) atoms. The SMILES string of the molecule is CSC1CC(=O)N(CCC(=O)NCCNC(=O)CCC(=O)NCCNC(=O)CCN2C(=O)CC(SC)C2=O)C1=O. The summed E-state index contributed by atoms with van der Waals surface area (Å²) in [5.41, 5.74) is 0. The first-order valence-corrected chi connectivity index (χ1v) is 15.5. The van der Waals surface area contributed by atoms with E-state index in [9.17, 15) is 38.4 Å². The molecule has 4 N–H and O–H groups in total. The first kappa shape index (κ1) is 33.1. The predicted octanol–water partition coefficient (Wildman–Crippen LogP) is -2.01. The van der Waals surface area contributed by atoms with Gasteiger partial charge >= 0.3 is 0 Å². The van der Waals surface area contributed by atoms with E-state index >= 15 is 0 Å². The highest BCUT2D eigenvalue weighted by atomic mass is 32.2. The Morgan fingerprint density at radius 2 is 0.900 bits per heavy atom. The molecule has 16 heteroatoms. The molecule has 222 valence electrons. The molecule has 0 saturated carbocycles. The molecule has 0 aromatic heterocycles. The highest BCUT2D eigenvalue weighted by Gasteiger charge is 2.38. The minimum absolute atomic E-state index is 0.0189. The largest absolute Gasteiger partial charge is 0.354 e. The normalized spacial score (nSPS) is 18.8. The minimum atomic E-state index is -0.389. The first-order chi connectivity index (χ1) is 19.1. The molecule has 2 aliphatic heterocycles. The monoisotopic (exact) mass is 600 g/mol. The quantitative estimate of drug-likeness (QED) is 0.107. The molecule has 2 aliphatic rings. The van der Waals surface area contributed by atoms with Crippen molar-refractivity contribution in [2.75, 3.05) is 51.8 Å². The van der Waals surface area contributed by atoms with Crippen LogP contribution in [0.5, 0.6) is 0 Å². The second-order valence-electron chi connectivity index (χ2n) is 9.02. The standard InChI is InChI=1S/C24H36N6O8S2/c1-39-15-13-21(35)29(23(15)37)11-5-19(33)27-9-7-25-17(31)3-4-18(32)26-8-10-28-20(34)6-12-30-22(36)14-16(40-2)24(30)38/h15-16H,3-14H2,1-2H3,(H,25,31)(H,26,32)(H,27,33)(H,28,34). The number of imide groups is 2. The van der Waals surface area contributed by atoms with Crippen molar-refractivity contribution in [3.05, 3.63) is 0 Å². The van der Waals surface area contributed by atoms with E-state index in [4.69, 9.17) is 0 Å². The van der Waals surface area contributed by atoms with Gasteiger partial charge in [-0.25, -0.2) is 0 Å². The van der Waals surface area contributed by atoms with Crippen molar-refractivity contribution in [3.8, 4) is 0 Å². The summed E-state index contributed by atoms with van der Waals surface area (Å²) in [6, 6.07) is 0. The number of nitrogens with zero attached hydrogens (tertiary/aromatic N) is 2. The number of nitrogens with one attached hydrogen (secondary N) is 4. The van der Waals surface area contributed by atoms with E-state index in [-0.39, 0.29) is 136 Å². The Kier molecular flexibility index (Phi) is 13.9. The van der Waals surface area contributed by atoms with E-state index in [1.54, 1.807) is 12.5 Å². The molecule has 0 spiro atoms. The number of amides is 8. The number of carbonyl (C=O) groups excluding carboxylic acids is 8. The summed E-state index contributed by atoms with van der Waals surface area (Å²) in [6.45, 7) is 0.659. The van der Waals surface area contributed by atoms with Crippen molar-refractivity contribution < 1.29 is 38.4 Å². The molecule has 8 amide bonds. The van der Waals surface area contributed by atoms with Crippen LogP contribution in [-0.2, 0) is 38.4 Å². The maximum Gasteiger partial charge on any atom is 0.242 e. The van der Waals surface area contributed by atoms with Gasteiger partial charge in [0.25, 0.3) is 0 Å². The summed E-state index contributed by atoms with van der Waals surface area (Å²) in [5.74, 6) is -2.57. The average molecular weight is 601 g/mol. The third kappa shape index (κ3) is 10.4. The Bertz CT molecular complexity index is 932. The lowest BCUT2D eigenvalue weighted by molar-refractivity contribution is -0.140. The maximum absolute atomic E-state index is 12.0. The van der Waals surface area contributed by atoms with Crippen LogP contribution < -0.4 is 21.3 Å². The van der Waals surface area contributed by atoms with Crippen LogP contribution in [0.25, 0.3) is 0 Å². The van der Waals surface area contributed by atoms with Gasteiger partial charge in [-0.3, -0.25) is 48.2 Å². The Balaban J connectivity index is 1.47. The van der Waals surface area contributed by atoms with Crippen LogP contribution in [0.1, 0.15) is 38.5 Å². The molecular weight excluding hydrogens is 564 g/mol. The molecule has 0 aromatic carbocycles. The van der Waals surface area contributed by atoms with E-state index in [0.29, 0.717) is 0 Å². The third-order valence-corrected chi connectivity index (χ3v) is 8.09. The summed E-state index contributed by atoms with van der Waals surface area (Å²) >= 11 is 2.61.